The van der Waals surface area contributed by atoms with E-state index in [0.29, 0.717) is 12.8 Å². The molecule has 1 amide bonds. The van der Waals surface area contributed by atoms with Crippen LogP contribution in [-0.4, -0.2) is 38.7 Å². The van der Waals surface area contributed by atoms with Crippen LogP contribution in [0.4, 0.5) is 4.79 Å². The summed E-state index contributed by atoms with van der Waals surface area (Å²) in [5.74, 6) is -1.81. The first-order chi connectivity index (χ1) is 8.35. The van der Waals surface area contributed by atoms with Gasteiger partial charge in [0, 0.05) is 6.04 Å². The molecule has 0 radical (unpaired) electrons. The molecule has 0 aliphatic heterocycles. The van der Waals surface area contributed by atoms with E-state index in [-0.39, 0.29) is 0 Å². The predicted molar refractivity (Wildman–Crippen MR) is 61.0 cm³/mol. The molecular weight excluding hydrogens is 264 g/mol. The second-order valence-corrected chi connectivity index (χ2v) is 5.50. The Bertz CT molecular complexity index is 421. The van der Waals surface area contributed by atoms with Crippen LogP contribution in [0.15, 0.2) is 0 Å². The van der Waals surface area contributed by atoms with Crippen molar-refractivity contribution in [2.75, 3.05) is 7.11 Å². The lowest BCUT2D eigenvalue weighted by molar-refractivity contribution is -0.143. The summed E-state index contributed by atoms with van der Waals surface area (Å²) in [5.41, 5.74) is 0. The molecule has 0 aromatic carbocycles. The summed E-state index contributed by atoms with van der Waals surface area (Å²) < 4.78 is 31.0. The number of hydrogen-bond acceptors (Lipinski definition) is 5. The highest BCUT2D eigenvalue weighted by molar-refractivity contribution is 7.88. The van der Waals surface area contributed by atoms with Crippen LogP contribution in [0.1, 0.15) is 25.7 Å². The summed E-state index contributed by atoms with van der Waals surface area (Å²) in [7, 11) is -3.06. The zero-order valence-electron chi connectivity index (χ0n) is 9.88. The molecular formula is C9H16N2O6S. The molecule has 0 bridgehead atoms. The smallest absolute Gasteiger partial charge is 0.421 e. The molecule has 2 atom stereocenters. The van der Waals surface area contributed by atoms with Crippen molar-refractivity contribution in [2.45, 2.75) is 31.7 Å². The Hall–Kier alpha value is -1.35. The normalized spacial score (nSPS) is 24.3. The maximum absolute atomic E-state index is 11.5. The molecule has 0 aromatic rings. The molecule has 1 aliphatic rings. The molecule has 0 heterocycles. The Kier molecular flexibility index (Phi) is 4.91. The largest absolute Gasteiger partial charge is 0.481 e. The van der Waals surface area contributed by atoms with E-state index in [9.17, 15) is 18.0 Å². The van der Waals surface area contributed by atoms with Gasteiger partial charge in [0.05, 0.1) is 13.0 Å². The average molecular weight is 280 g/mol. The zero-order chi connectivity index (χ0) is 13.8. The van der Waals surface area contributed by atoms with Gasteiger partial charge in [0.1, 0.15) is 0 Å². The van der Waals surface area contributed by atoms with Gasteiger partial charge in [-0.25, -0.2) is 9.52 Å². The number of hydrogen-bond donors (Lipinski definition) is 3. The van der Waals surface area contributed by atoms with E-state index in [2.05, 4.69) is 9.46 Å². The van der Waals surface area contributed by atoms with Crippen molar-refractivity contribution in [3.63, 3.8) is 0 Å². The number of carbonyl (C=O) groups is 2. The standard InChI is InChI=1S/C9H16N2O6S/c1-17-9(14)11-18(15,16)10-7-5-3-2-4-6(7)8(12)13/h6-7,10H,2-5H2,1H3,(H,11,14)(H,12,13). The minimum atomic E-state index is -4.10. The van der Waals surface area contributed by atoms with E-state index in [1.165, 1.54) is 0 Å². The van der Waals surface area contributed by atoms with Gasteiger partial charge >= 0.3 is 22.3 Å². The van der Waals surface area contributed by atoms with E-state index >= 15 is 0 Å². The van der Waals surface area contributed by atoms with E-state index in [0.717, 1.165) is 20.0 Å². The van der Waals surface area contributed by atoms with E-state index in [4.69, 9.17) is 5.11 Å². The SMILES string of the molecule is COC(=O)NS(=O)(=O)NC1CCCCC1C(=O)O. The van der Waals surface area contributed by atoms with Crippen molar-refractivity contribution in [1.82, 2.24) is 9.44 Å². The van der Waals surface area contributed by atoms with Crippen molar-refractivity contribution in [3.8, 4) is 0 Å². The number of rotatable bonds is 4. The highest BCUT2D eigenvalue weighted by atomic mass is 32.2. The van der Waals surface area contributed by atoms with Crippen LogP contribution in [0.3, 0.4) is 0 Å². The Morgan fingerprint density at radius 1 is 1.28 bits per heavy atom. The van der Waals surface area contributed by atoms with Gasteiger partial charge in [0.2, 0.25) is 0 Å². The monoisotopic (exact) mass is 280 g/mol. The van der Waals surface area contributed by atoms with Gasteiger partial charge in [-0.15, -0.1) is 0 Å². The first-order valence-electron chi connectivity index (χ1n) is 5.46. The lowest BCUT2D eigenvalue weighted by Crippen LogP contribution is -2.50. The molecule has 18 heavy (non-hydrogen) atoms. The Balaban J connectivity index is 2.69. The topological polar surface area (TPSA) is 122 Å². The Labute approximate surface area is 105 Å². The number of carboxylic acids is 1. The number of ether oxygens (including phenoxy) is 1. The Morgan fingerprint density at radius 2 is 1.89 bits per heavy atom. The van der Waals surface area contributed by atoms with Crippen molar-refractivity contribution in [1.29, 1.82) is 0 Å². The second-order valence-electron chi connectivity index (χ2n) is 4.05. The van der Waals surface area contributed by atoms with E-state index in [1.807, 2.05) is 0 Å². The summed E-state index contributed by atoms with van der Waals surface area (Å²) in [4.78, 5) is 21.8. The highest BCUT2D eigenvalue weighted by Gasteiger charge is 2.33. The number of amides is 1. The van der Waals surface area contributed by atoms with Gasteiger partial charge < -0.3 is 9.84 Å². The van der Waals surface area contributed by atoms with Crippen LogP contribution in [0.25, 0.3) is 0 Å². The molecule has 0 saturated heterocycles. The van der Waals surface area contributed by atoms with Crippen molar-refractivity contribution >= 4 is 22.3 Å². The molecule has 0 spiro atoms. The zero-order valence-corrected chi connectivity index (χ0v) is 10.7. The highest BCUT2D eigenvalue weighted by Crippen LogP contribution is 2.24. The number of aliphatic carboxylic acids is 1. The fourth-order valence-electron chi connectivity index (χ4n) is 1.95. The molecule has 1 aliphatic carbocycles. The number of carbonyl (C=O) groups excluding carboxylic acids is 1. The van der Waals surface area contributed by atoms with Gasteiger partial charge in [0.25, 0.3) is 0 Å². The molecule has 1 rings (SSSR count). The molecule has 1 saturated carbocycles. The van der Waals surface area contributed by atoms with Crippen LogP contribution >= 0.6 is 0 Å². The van der Waals surface area contributed by atoms with Crippen LogP contribution in [0.5, 0.6) is 0 Å². The number of carboxylic acid groups (broad SMARTS) is 1. The van der Waals surface area contributed by atoms with Crippen LogP contribution in [-0.2, 0) is 19.7 Å². The first kappa shape index (κ1) is 14.7. The summed E-state index contributed by atoms with van der Waals surface area (Å²) in [6.07, 6.45) is 1.22. The van der Waals surface area contributed by atoms with E-state index in [1.54, 1.807) is 4.72 Å². The Morgan fingerprint density at radius 3 is 2.44 bits per heavy atom. The van der Waals surface area contributed by atoms with Gasteiger partial charge in [-0.2, -0.15) is 13.1 Å². The minimum absolute atomic E-state index is 0.417. The molecule has 0 aromatic heterocycles. The molecule has 3 N–H and O–H groups in total. The maximum Gasteiger partial charge on any atom is 0.421 e. The van der Waals surface area contributed by atoms with Gasteiger partial charge in [-0.05, 0) is 12.8 Å². The van der Waals surface area contributed by atoms with Crippen LogP contribution in [0.2, 0.25) is 0 Å². The second kappa shape index (κ2) is 6.01. The van der Waals surface area contributed by atoms with Crippen molar-refractivity contribution in [2.24, 2.45) is 5.92 Å². The van der Waals surface area contributed by atoms with Gasteiger partial charge in [-0.1, -0.05) is 12.8 Å². The maximum atomic E-state index is 11.5. The molecule has 2 unspecified atom stereocenters. The first-order valence-corrected chi connectivity index (χ1v) is 6.95. The third-order valence-corrected chi connectivity index (χ3v) is 3.84. The number of nitrogens with one attached hydrogen (secondary N) is 2. The number of methoxy groups -OCH3 is 1. The lowest BCUT2D eigenvalue weighted by Gasteiger charge is -2.28. The summed E-state index contributed by atoms with van der Waals surface area (Å²) in [6.45, 7) is 0. The average Bonchev–Trinajstić information content (AvgIpc) is 2.28. The molecule has 1 fully saturated rings. The van der Waals surface area contributed by atoms with Gasteiger partial charge in [-0.3, -0.25) is 4.79 Å². The third kappa shape index (κ3) is 4.15. The van der Waals surface area contributed by atoms with Crippen LogP contribution in [0, 0.1) is 5.92 Å². The third-order valence-electron chi connectivity index (χ3n) is 2.79. The fourth-order valence-corrected chi connectivity index (χ4v) is 2.99. The van der Waals surface area contributed by atoms with Crippen LogP contribution < -0.4 is 9.44 Å². The summed E-state index contributed by atoms with van der Waals surface area (Å²) in [5, 5.41) is 8.99. The quantitative estimate of drug-likeness (QED) is 0.656. The summed E-state index contributed by atoms with van der Waals surface area (Å²) >= 11 is 0. The van der Waals surface area contributed by atoms with E-state index < -0.39 is 34.2 Å². The summed E-state index contributed by atoms with van der Waals surface area (Å²) in [6, 6.07) is -0.710. The predicted octanol–water partition coefficient (Wildman–Crippen LogP) is -0.180. The molecule has 104 valence electrons. The lowest BCUT2D eigenvalue weighted by atomic mass is 9.85. The fraction of sp³-hybridized carbons (Fsp3) is 0.778. The van der Waals surface area contributed by atoms with Gasteiger partial charge in [0.15, 0.2) is 0 Å². The molecule has 8 nitrogen and oxygen atoms in total. The van der Waals surface area contributed by atoms with Crippen molar-refractivity contribution < 1.29 is 27.9 Å². The minimum Gasteiger partial charge on any atom is -0.481 e. The van der Waals surface area contributed by atoms with Crippen molar-refractivity contribution in [3.05, 3.63) is 0 Å². The molecule has 9 heteroatoms.